The first-order chi connectivity index (χ1) is 12.7. The maximum Gasteiger partial charge on any atom is 0.321 e. The molecule has 2 aliphatic rings. The van der Waals surface area contributed by atoms with E-state index in [2.05, 4.69) is 21.5 Å². The number of urea groups is 1. The Morgan fingerprint density at radius 2 is 1.81 bits per heavy atom. The normalized spacial score (nSPS) is 22.3. The predicted octanol–water partition coefficient (Wildman–Crippen LogP) is 1.76. The number of nitrogens with zero attached hydrogens (tertiary/aromatic N) is 1. The van der Waals surface area contributed by atoms with Gasteiger partial charge in [-0.05, 0) is 36.2 Å². The molecule has 134 valence electrons. The summed E-state index contributed by atoms with van der Waals surface area (Å²) in [6.45, 7) is 1.31. The lowest BCUT2D eigenvalue weighted by Crippen LogP contribution is -2.39. The van der Waals surface area contributed by atoms with Crippen LogP contribution < -0.4 is 26.4 Å². The summed E-state index contributed by atoms with van der Waals surface area (Å²) in [6.07, 6.45) is 0.682. The number of carbonyl (C=O) groups is 2. The number of nitrogens with one attached hydrogen (secondary N) is 4. The van der Waals surface area contributed by atoms with Crippen molar-refractivity contribution in [2.75, 3.05) is 23.3 Å². The molecule has 4 N–H and O–H groups in total. The number of rotatable bonds is 4. The van der Waals surface area contributed by atoms with Crippen molar-refractivity contribution in [2.45, 2.75) is 18.5 Å². The molecule has 2 unspecified atom stereocenters. The van der Waals surface area contributed by atoms with Crippen LogP contribution in [0.1, 0.15) is 18.0 Å². The molecule has 0 aliphatic carbocycles. The van der Waals surface area contributed by atoms with Crippen molar-refractivity contribution in [1.82, 2.24) is 16.2 Å². The van der Waals surface area contributed by atoms with Crippen molar-refractivity contribution < 1.29 is 9.59 Å². The first-order valence-electron chi connectivity index (χ1n) is 8.73. The van der Waals surface area contributed by atoms with Crippen LogP contribution in [0, 0.1) is 0 Å². The summed E-state index contributed by atoms with van der Waals surface area (Å²) in [7, 11) is 0. The molecule has 3 amide bonds. The number of hydrogen-bond acceptors (Lipinski definition) is 4. The summed E-state index contributed by atoms with van der Waals surface area (Å²) >= 11 is 0. The minimum absolute atomic E-state index is 0.0809. The van der Waals surface area contributed by atoms with Crippen LogP contribution in [-0.4, -0.2) is 31.1 Å². The van der Waals surface area contributed by atoms with Crippen LogP contribution in [0.4, 0.5) is 16.2 Å². The van der Waals surface area contributed by atoms with Crippen LogP contribution in [0.2, 0.25) is 0 Å². The minimum atomic E-state index is -0.302. The van der Waals surface area contributed by atoms with Crippen LogP contribution in [0.3, 0.4) is 0 Å². The van der Waals surface area contributed by atoms with E-state index in [0.717, 1.165) is 11.3 Å². The Morgan fingerprint density at radius 3 is 2.50 bits per heavy atom. The molecule has 0 bridgehead atoms. The number of carbonyl (C=O) groups excluding carboxylic acids is 2. The smallest absolute Gasteiger partial charge is 0.321 e. The molecule has 2 atom stereocenters. The fraction of sp³-hybridized carbons (Fsp3) is 0.263. The number of amides is 3. The summed E-state index contributed by atoms with van der Waals surface area (Å²) in [5.41, 5.74) is 8.93. The van der Waals surface area contributed by atoms with E-state index in [-0.39, 0.29) is 24.0 Å². The zero-order valence-electron chi connectivity index (χ0n) is 14.2. The van der Waals surface area contributed by atoms with E-state index in [4.69, 9.17) is 0 Å². The quantitative estimate of drug-likeness (QED) is 0.676. The SMILES string of the molecule is O=C(Nc1ccc(N2CCNC2=O)cc1)C1CC(c2ccccc2)NN1. The Morgan fingerprint density at radius 1 is 1.04 bits per heavy atom. The van der Waals surface area contributed by atoms with Crippen molar-refractivity contribution >= 4 is 23.3 Å². The molecule has 2 heterocycles. The van der Waals surface area contributed by atoms with Crippen LogP contribution in [-0.2, 0) is 4.79 Å². The van der Waals surface area contributed by atoms with Gasteiger partial charge in [0, 0.05) is 30.5 Å². The predicted molar refractivity (Wildman–Crippen MR) is 99.7 cm³/mol. The molecule has 0 spiro atoms. The van der Waals surface area contributed by atoms with Gasteiger partial charge in [0.25, 0.3) is 0 Å². The van der Waals surface area contributed by atoms with Crippen LogP contribution in [0.15, 0.2) is 54.6 Å². The van der Waals surface area contributed by atoms with Gasteiger partial charge in [0.1, 0.15) is 6.04 Å². The summed E-state index contributed by atoms with van der Waals surface area (Å²) < 4.78 is 0. The van der Waals surface area contributed by atoms with Gasteiger partial charge in [-0.2, -0.15) is 0 Å². The van der Waals surface area contributed by atoms with E-state index < -0.39 is 0 Å². The Bertz CT molecular complexity index is 793. The van der Waals surface area contributed by atoms with E-state index in [1.807, 2.05) is 54.6 Å². The highest BCUT2D eigenvalue weighted by Crippen LogP contribution is 2.23. The van der Waals surface area contributed by atoms with E-state index in [1.54, 1.807) is 4.90 Å². The molecule has 0 aromatic heterocycles. The highest BCUT2D eigenvalue weighted by molar-refractivity contribution is 5.96. The molecule has 7 nitrogen and oxygen atoms in total. The molecular formula is C19H21N5O2. The lowest BCUT2D eigenvalue weighted by Gasteiger charge is -2.15. The molecule has 7 heteroatoms. The van der Waals surface area contributed by atoms with E-state index in [1.165, 1.54) is 0 Å². The van der Waals surface area contributed by atoms with E-state index in [0.29, 0.717) is 25.2 Å². The third-order valence-electron chi connectivity index (χ3n) is 4.72. The molecule has 2 aromatic carbocycles. The minimum Gasteiger partial charge on any atom is -0.336 e. The second kappa shape index (κ2) is 7.15. The summed E-state index contributed by atoms with van der Waals surface area (Å²) in [5, 5.41) is 5.70. The van der Waals surface area contributed by atoms with Gasteiger partial charge >= 0.3 is 6.03 Å². The second-order valence-electron chi connectivity index (χ2n) is 6.46. The summed E-state index contributed by atoms with van der Waals surface area (Å²) in [6, 6.07) is 17.1. The standard InChI is InChI=1S/C19H21N5O2/c25-18(17-12-16(22-23-17)13-4-2-1-3-5-13)21-14-6-8-15(9-7-14)24-11-10-20-19(24)26/h1-9,16-17,22-23H,10-12H2,(H,20,26)(H,21,25). The molecule has 0 radical (unpaired) electrons. The Labute approximate surface area is 151 Å². The molecule has 26 heavy (non-hydrogen) atoms. The monoisotopic (exact) mass is 351 g/mol. The zero-order valence-corrected chi connectivity index (χ0v) is 14.2. The fourth-order valence-corrected chi connectivity index (χ4v) is 3.30. The van der Waals surface area contributed by atoms with Crippen molar-refractivity contribution in [3.63, 3.8) is 0 Å². The zero-order chi connectivity index (χ0) is 17.9. The fourth-order valence-electron chi connectivity index (χ4n) is 3.30. The van der Waals surface area contributed by atoms with Crippen LogP contribution >= 0.6 is 0 Å². The third kappa shape index (κ3) is 3.40. The third-order valence-corrected chi connectivity index (χ3v) is 4.72. The summed E-state index contributed by atoms with van der Waals surface area (Å²) in [5.74, 6) is -0.0809. The van der Waals surface area contributed by atoms with Crippen molar-refractivity contribution in [2.24, 2.45) is 0 Å². The van der Waals surface area contributed by atoms with Gasteiger partial charge in [0.05, 0.1) is 0 Å². The summed E-state index contributed by atoms with van der Waals surface area (Å²) in [4.78, 5) is 25.9. The Kier molecular flexibility index (Phi) is 4.55. The van der Waals surface area contributed by atoms with Crippen LogP contribution in [0.5, 0.6) is 0 Å². The van der Waals surface area contributed by atoms with Gasteiger partial charge in [-0.15, -0.1) is 0 Å². The molecular weight excluding hydrogens is 330 g/mol. The van der Waals surface area contributed by atoms with Crippen molar-refractivity contribution in [3.8, 4) is 0 Å². The number of benzene rings is 2. The van der Waals surface area contributed by atoms with Gasteiger partial charge in [-0.3, -0.25) is 9.69 Å². The van der Waals surface area contributed by atoms with Gasteiger partial charge in [0.2, 0.25) is 5.91 Å². The topological polar surface area (TPSA) is 85.5 Å². The lowest BCUT2D eigenvalue weighted by molar-refractivity contribution is -0.117. The van der Waals surface area contributed by atoms with Crippen molar-refractivity contribution in [1.29, 1.82) is 0 Å². The molecule has 2 saturated heterocycles. The molecule has 2 aromatic rings. The number of hydrazine groups is 1. The molecule has 0 saturated carbocycles. The number of hydrogen-bond donors (Lipinski definition) is 4. The maximum atomic E-state index is 12.5. The van der Waals surface area contributed by atoms with Gasteiger partial charge in [-0.25, -0.2) is 15.6 Å². The molecule has 4 rings (SSSR count). The maximum absolute atomic E-state index is 12.5. The second-order valence-corrected chi connectivity index (χ2v) is 6.46. The number of anilines is 2. The first-order valence-corrected chi connectivity index (χ1v) is 8.73. The first kappa shape index (κ1) is 16.6. The average Bonchev–Trinajstić information content (AvgIpc) is 3.32. The highest BCUT2D eigenvalue weighted by Gasteiger charge is 2.30. The van der Waals surface area contributed by atoms with E-state index >= 15 is 0 Å². The molecule has 2 fully saturated rings. The van der Waals surface area contributed by atoms with Crippen molar-refractivity contribution in [3.05, 3.63) is 60.2 Å². The van der Waals surface area contributed by atoms with Crippen LogP contribution in [0.25, 0.3) is 0 Å². The molecule has 2 aliphatic heterocycles. The Balaban J connectivity index is 1.35. The van der Waals surface area contributed by atoms with Gasteiger partial charge in [-0.1, -0.05) is 30.3 Å². The average molecular weight is 351 g/mol. The largest absolute Gasteiger partial charge is 0.336 e. The highest BCUT2D eigenvalue weighted by atomic mass is 16.2. The van der Waals surface area contributed by atoms with Gasteiger partial charge in [0.15, 0.2) is 0 Å². The van der Waals surface area contributed by atoms with Gasteiger partial charge < -0.3 is 10.6 Å². The van der Waals surface area contributed by atoms with E-state index in [9.17, 15) is 9.59 Å². The lowest BCUT2D eigenvalue weighted by atomic mass is 10.0. The Hall–Kier alpha value is -2.90.